The first kappa shape index (κ1) is 19.8. The summed E-state index contributed by atoms with van der Waals surface area (Å²) in [6, 6.07) is 0. The predicted octanol–water partition coefficient (Wildman–Crippen LogP) is -1.33. The van der Waals surface area contributed by atoms with E-state index in [0.717, 1.165) is 6.42 Å². The van der Waals surface area contributed by atoms with Gasteiger partial charge in [0.25, 0.3) is 0 Å². The van der Waals surface area contributed by atoms with Crippen LogP contribution in [-0.4, -0.2) is 76.3 Å². The molecule has 0 heterocycles. The molecule has 0 unspecified atom stereocenters. The van der Waals surface area contributed by atoms with Crippen molar-refractivity contribution in [3.63, 3.8) is 0 Å². The summed E-state index contributed by atoms with van der Waals surface area (Å²) in [5, 5.41) is 13.6. The van der Waals surface area contributed by atoms with Crippen LogP contribution >= 0.6 is 0 Å². The summed E-state index contributed by atoms with van der Waals surface area (Å²) >= 11 is 0. The van der Waals surface area contributed by atoms with Crippen LogP contribution in [0.1, 0.15) is 13.3 Å². The van der Waals surface area contributed by atoms with E-state index in [-0.39, 0.29) is 12.5 Å². The van der Waals surface area contributed by atoms with Crippen LogP contribution < -0.4 is 10.6 Å². The number of aliphatic hydroxyl groups excluding tert-OH is 1. The molecule has 0 bridgehead atoms. The van der Waals surface area contributed by atoms with Gasteiger partial charge in [-0.25, -0.2) is 0 Å². The third-order valence-electron chi connectivity index (χ3n) is 2.23. The lowest BCUT2D eigenvalue weighted by Crippen LogP contribution is -2.31. The lowest BCUT2D eigenvalue weighted by Gasteiger charge is -2.07. The Labute approximate surface area is 125 Å². The van der Waals surface area contributed by atoms with Crippen molar-refractivity contribution in [3.8, 4) is 0 Å². The molecule has 0 spiro atoms. The van der Waals surface area contributed by atoms with E-state index in [2.05, 4.69) is 10.6 Å². The minimum atomic E-state index is -0.526. The number of aliphatic hydroxyl groups is 1. The van der Waals surface area contributed by atoms with Crippen molar-refractivity contribution in [1.82, 2.24) is 10.6 Å². The summed E-state index contributed by atoms with van der Waals surface area (Å²) in [7, 11) is 0. The molecule has 8 heteroatoms. The zero-order chi connectivity index (χ0) is 15.8. The van der Waals surface area contributed by atoms with Gasteiger partial charge in [-0.3, -0.25) is 9.59 Å². The average Bonchev–Trinajstić information content (AvgIpc) is 2.49. The highest BCUT2D eigenvalue weighted by atomic mass is 16.5. The molecular formula is C13H26N2O6. The number of amides is 2. The maximum atomic E-state index is 11.3. The highest BCUT2D eigenvalue weighted by molar-refractivity contribution is 5.77. The van der Waals surface area contributed by atoms with Crippen molar-refractivity contribution < 1.29 is 28.9 Å². The molecule has 8 nitrogen and oxygen atoms in total. The van der Waals surface area contributed by atoms with Crippen LogP contribution in [0.25, 0.3) is 0 Å². The summed E-state index contributed by atoms with van der Waals surface area (Å²) in [5.74, 6) is -0.625. The van der Waals surface area contributed by atoms with Gasteiger partial charge in [0.2, 0.25) is 11.8 Å². The van der Waals surface area contributed by atoms with Crippen LogP contribution in [0.15, 0.2) is 0 Å². The molecule has 124 valence electrons. The lowest BCUT2D eigenvalue weighted by atomic mass is 10.5. The van der Waals surface area contributed by atoms with Crippen LogP contribution in [0.3, 0.4) is 0 Å². The van der Waals surface area contributed by atoms with E-state index in [1.54, 1.807) is 0 Å². The molecular weight excluding hydrogens is 280 g/mol. The predicted molar refractivity (Wildman–Crippen MR) is 75.9 cm³/mol. The smallest absolute Gasteiger partial charge is 0.246 e. The van der Waals surface area contributed by atoms with Gasteiger partial charge in [-0.15, -0.1) is 0 Å². The van der Waals surface area contributed by atoms with Crippen molar-refractivity contribution in [1.29, 1.82) is 0 Å². The van der Waals surface area contributed by atoms with E-state index >= 15 is 0 Å². The van der Waals surface area contributed by atoms with Gasteiger partial charge < -0.3 is 30.0 Å². The number of carbonyl (C=O) groups excluding carboxylic acids is 2. The first-order valence-electron chi connectivity index (χ1n) is 7.08. The van der Waals surface area contributed by atoms with Crippen molar-refractivity contribution in [2.45, 2.75) is 13.3 Å². The molecule has 0 aromatic carbocycles. The third kappa shape index (κ3) is 15.0. The number of hydrogen-bond acceptors (Lipinski definition) is 6. The Balaban J connectivity index is 3.19. The van der Waals surface area contributed by atoms with Crippen LogP contribution in [-0.2, 0) is 23.8 Å². The summed E-state index contributed by atoms with van der Waals surface area (Å²) in [6.45, 7) is 4.45. The molecule has 0 aliphatic rings. The highest BCUT2D eigenvalue weighted by Gasteiger charge is 2.00. The van der Waals surface area contributed by atoms with Gasteiger partial charge in [0.05, 0.1) is 26.4 Å². The van der Waals surface area contributed by atoms with Crippen LogP contribution in [0.2, 0.25) is 0 Å². The highest BCUT2D eigenvalue weighted by Crippen LogP contribution is 1.81. The molecule has 2 amide bonds. The summed E-state index contributed by atoms with van der Waals surface area (Å²) < 4.78 is 15.5. The Morgan fingerprint density at radius 2 is 1.43 bits per heavy atom. The van der Waals surface area contributed by atoms with E-state index in [1.165, 1.54) is 0 Å². The van der Waals surface area contributed by atoms with E-state index < -0.39 is 12.5 Å². The van der Waals surface area contributed by atoms with Gasteiger partial charge in [-0.05, 0) is 6.42 Å². The average molecular weight is 306 g/mol. The Morgan fingerprint density at radius 3 is 2.05 bits per heavy atom. The van der Waals surface area contributed by atoms with Crippen LogP contribution in [0.5, 0.6) is 0 Å². The van der Waals surface area contributed by atoms with Gasteiger partial charge in [0.1, 0.15) is 13.2 Å². The Bertz CT molecular complexity index is 275. The monoisotopic (exact) mass is 306 g/mol. The number of carbonyl (C=O) groups is 2. The minimum Gasteiger partial charge on any atom is -0.387 e. The molecule has 3 N–H and O–H groups in total. The zero-order valence-corrected chi connectivity index (χ0v) is 12.6. The standard InChI is InChI=1S/C13H26N2O6/c1-2-5-19-6-4-15-13(18)11-21-9-8-20-7-3-14-12(17)10-16/h16H,2-11H2,1H3,(H,14,17)(H,15,18). The molecule has 0 rings (SSSR count). The molecule has 0 saturated carbocycles. The Kier molecular flexibility index (Phi) is 14.3. The lowest BCUT2D eigenvalue weighted by molar-refractivity contribution is -0.127. The van der Waals surface area contributed by atoms with Crippen molar-refractivity contribution in [2.75, 3.05) is 59.3 Å². The van der Waals surface area contributed by atoms with Crippen molar-refractivity contribution in [2.24, 2.45) is 0 Å². The first-order chi connectivity index (χ1) is 10.2. The summed E-state index contributed by atoms with van der Waals surface area (Å²) in [4.78, 5) is 22.0. The molecule has 0 aliphatic carbocycles. The Hall–Kier alpha value is -1.22. The second-order valence-electron chi connectivity index (χ2n) is 4.14. The largest absolute Gasteiger partial charge is 0.387 e. The summed E-state index contributed by atoms with van der Waals surface area (Å²) in [5.41, 5.74) is 0. The third-order valence-corrected chi connectivity index (χ3v) is 2.23. The fourth-order valence-electron chi connectivity index (χ4n) is 1.26. The Morgan fingerprint density at radius 1 is 0.857 bits per heavy atom. The second-order valence-corrected chi connectivity index (χ2v) is 4.14. The fourth-order valence-corrected chi connectivity index (χ4v) is 1.26. The molecule has 0 fully saturated rings. The molecule has 0 saturated heterocycles. The van der Waals surface area contributed by atoms with E-state index in [1.807, 2.05) is 6.92 Å². The fraction of sp³-hybridized carbons (Fsp3) is 0.846. The molecule has 0 aromatic rings. The second kappa shape index (κ2) is 15.2. The van der Waals surface area contributed by atoms with Gasteiger partial charge in [-0.2, -0.15) is 0 Å². The van der Waals surface area contributed by atoms with Gasteiger partial charge in [0, 0.05) is 19.7 Å². The number of ether oxygens (including phenoxy) is 3. The number of nitrogens with one attached hydrogen (secondary N) is 2. The van der Waals surface area contributed by atoms with E-state index in [9.17, 15) is 9.59 Å². The number of rotatable bonds is 14. The molecule has 0 atom stereocenters. The van der Waals surface area contributed by atoms with Crippen molar-refractivity contribution >= 4 is 11.8 Å². The van der Waals surface area contributed by atoms with E-state index in [4.69, 9.17) is 19.3 Å². The van der Waals surface area contributed by atoms with Crippen LogP contribution in [0, 0.1) is 0 Å². The normalized spacial score (nSPS) is 10.4. The van der Waals surface area contributed by atoms with Gasteiger partial charge in [0.15, 0.2) is 0 Å². The SMILES string of the molecule is CCCOCCNC(=O)COCCOCCNC(=O)CO. The van der Waals surface area contributed by atoms with E-state index in [0.29, 0.717) is 46.1 Å². The first-order valence-corrected chi connectivity index (χ1v) is 7.08. The molecule has 0 radical (unpaired) electrons. The number of hydrogen-bond donors (Lipinski definition) is 3. The minimum absolute atomic E-state index is 0.0155. The zero-order valence-electron chi connectivity index (χ0n) is 12.6. The topological polar surface area (TPSA) is 106 Å². The molecule has 0 aliphatic heterocycles. The maximum Gasteiger partial charge on any atom is 0.246 e. The quantitative estimate of drug-likeness (QED) is 0.343. The maximum absolute atomic E-state index is 11.3. The van der Waals surface area contributed by atoms with Gasteiger partial charge >= 0.3 is 0 Å². The molecule has 0 aromatic heterocycles. The van der Waals surface area contributed by atoms with Crippen molar-refractivity contribution in [3.05, 3.63) is 0 Å². The van der Waals surface area contributed by atoms with Crippen LogP contribution in [0.4, 0.5) is 0 Å². The summed E-state index contributed by atoms with van der Waals surface area (Å²) in [6.07, 6.45) is 0.959. The molecule has 21 heavy (non-hydrogen) atoms. The van der Waals surface area contributed by atoms with Gasteiger partial charge in [-0.1, -0.05) is 6.92 Å².